The number of aromatic nitrogens is 4. The first-order chi connectivity index (χ1) is 16.2. The molecule has 0 N–H and O–H groups in total. The van der Waals surface area contributed by atoms with Crippen LogP contribution in [0, 0.1) is 0 Å². The number of nitrogens with zero attached hydrogens (tertiary/aromatic N) is 5. The Morgan fingerprint density at radius 2 is 2.03 bits per heavy atom. The number of carbonyl (C=O) groups excluding carboxylic acids is 1. The first-order valence-corrected chi connectivity index (χ1v) is 11.8. The molecule has 0 saturated carbocycles. The van der Waals surface area contributed by atoms with E-state index in [9.17, 15) is 4.79 Å². The number of benzene rings is 1. The van der Waals surface area contributed by atoms with Crippen LogP contribution in [0.2, 0.25) is 5.02 Å². The summed E-state index contributed by atoms with van der Waals surface area (Å²) in [5, 5.41) is 7.98. The highest BCUT2D eigenvalue weighted by molar-refractivity contribution is 7.12. The van der Waals surface area contributed by atoms with Gasteiger partial charge >= 0.3 is 0 Å². The zero-order chi connectivity index (χ0) is 22.4. The predicted molar refractivity (Wildman–Crippen MR) is 132 cm³/mol. The van der Waals surface area contributed by atoms with Gasteiger partial charge in [0.15, 0.2) is 5.65 Å². The quantitative estimate of drug-likeness (QED) is 0.344. The van der Waals surface area contributed by atoms with E-state index in [1.807, 2.05) is 59.0 Å². The van der Waals surface area contributed by atoms with Crippen LogP contribution in [0.3, 0.4) is 0 Å². The normalized spacial score (nSPS) is 14.1. The topological polar surface area (TPSA) is 63.4 Å². The molecule has 4 aromatic heterocycles. The van der Waals surface area contributed by atoms with Gasteiger partial charge in [-0.1, -0.05) is 41.9 Å². The Morgan fingerprint density at radius 3 is 2.85 bits per heavy atom. The van der Waals surface area contributed by atoms with Crippen molar-refractivity contribution in [1.29, 1.82) is 0 Å². The fourth-order valence-corrected chi connectivity index (χ4v) is 5.11. The van der Waals surface area contributed by atoms with Crippen LogP contribution in [0.5, 0.6) is 0 Å². The summed E-state index contributed by atoms with van der Waals surface area (Å²) in [6, 6.07) is 13.9. The van der Waals surface area contributed by atoms with Gasteiger partial charge in [-0.05, 0) is 35.6 Å². The monoisotopic (exact) mass is 471 g/mol. The molecule has 6 nitrogen and oxygen atoms in total. The lowest BCUT2D eigenvalue weighted by atomic mass is 10.0. The number of pyridine rings is 1. The molecule has 0 bridgehead atoms. The van der Waals surface area contributed by atoms with Crippen molar-refractivity contribution >= 4 is 51.0 Å². The molecule has 8 heteroatoms. The summed E-state index contributed by atoms with van der Waals surface area (Å²) in [7, 11) is 0. The summed E-state index contributed by atoms with van der Waals surface area (Å²) in [4.78, 5) is 24.8. The molecule has 162 valence electrons. The van der Waals surface area contributed by atoms with E-state index in [1.165, 1.54) is 11.3 Å². The number of hydrogen-bond donors (Lipinski definition) is 0. The van der Waals surface area contributed by atoms with Gasteiger partial charge in [0.05, 0.1) is 33.5 Å². The number of para-hydroxylation sites is 1. The van der Waals surface area contributed by atoms with E-state index < -0.39 is 0 Å². The molecular weight excluding hydrogens is 454 g/mol. The fraction of sp³-hybridized carbons (Fsp3) is 0.120. The molecule has 0 saturated heterocycles. The van der Waals surface area contributed by atoms with Crippen molar-refractivity contribution < 1.29 is 4.79 Å². The average molecular weight is 472 g/mol. The van der Waals surface area contributed by atoms with E-state index in [4.69, 9.17) is 16.6 Å². The molecule has 33 heavy (non-hydrogen) atoms. The van der Waals surface area contributed by atoms with Crippen molar-refractivity contribution in [2.45, 2.75) is 6.42 Å². The molecule has 0 radical (unpaired) electrons. The zero-order valence-electron chi connectivity index (χ0n) is 17.5. The Balaban J connectivity index is 1.35. The van der Waals surface area contributed by atoms with Crippen molar-refractivity contribution in [1.82, 2.24) is 24.5 Å². The third-order valence-electron chi connectivity index (χ3n) is 5.88. The summed E-state index contributed by atoms with van der Waals surface area (Å²) < 4.78 is 1.70. The lowest BCUT2D eigenvalue weighted by Crippen LogP contribution is -2.34. The van der Waals surface area contributed by atoms with Crippen molar-refractivity contribution in [3.63, 3.8) is 0 Å². The van der Waals surface area contributed by atoms with Crippen LogP contribution in [-0.2, 0) is 0 Å². The van der Waals surface area contributed by atoms with Gasteiger partial charge in [0, 0.05) is 35.8 Å². The summed E-state index contributed by atoms with van der Waals surface area (Å²) in [5.41, 5.74) is 5.31. The Hall–Kier alpha value is -3.55. The maximum Gasteiger partial charge on any atom is 0.264 e. The minimum atomic E-state index is 0.0664. The molecule has 5 heterocycles. The van der Waals surface area contributed by atoms with Crippen LogP contribution in [0.1, 0.15) is 21.8 Å². The van der Waals surface area contributed by atoms with Gasteiger partial charge in [-0.2, -0.15) is 5.10 Å². The highest BCUT2D eigenvalue weighted by Crippen LogP contribution is 2.31. The Labute approximate surface area is 198 Å². The number of thiophene rings is 1. The minimum Gasteiger partial charge on any atom is -0.334 e. The highest BCUT2D eigenvalue weighted by Gasteiger charge is 2.22. The van der Waals surface area contributed by atoms with E-state index in [0.29, 0.717) is 24.5 Å². The third kappa shape index (κ3) is 3.59. The molecule has 1 amide bonds. The Bertz CT molecular complexity index is 1540. The molecule has 1 aliphatic heterocycles. The number of rotatable bonds is 3. The largest absolute Gasteiger partial charge is 0.334 e. The summed E-state index contributed by atoms with van der Waals surface area (Å²) in [6.07, 6.45) is 8.18. The second-order valence-electron chi connectivity index (χ2n) is 7.89. The minimum absolute atomic E-state index is 0.0664. The summed E-state index contributed by atoms with van der Waals surface area (Å²) >= 11 is 8.06. The summed E-state index contributed by atoms with van der Waals surface area (Å²) in [5.74, 6) is 0.0664. The number of carbonyl (C=O) groups is 1. The smallest absolute Gasteiger partial charge is 0.264 e. The van der Waals surface area contributed by atoms with Gasteiger partial charge in [-0.3, -0.25) is 9.78 Å². The lowest BCUT2D eigenvalue weighted by molar-refractivity contribution is 0.0777. The second-order valence-corrected chi connectivity index (χ2v) is 9.24. The third-order valence-corrected chi connectivity index (χ3v) is 7.02. The molecule has 5 aromatic rings. The highest BCUT2D eigenvalue weighted by atomic mass is 35.5. The molecule has 6 rings (SSSR count). The number of hydrogen-bond acceptors (Lipinski definition) is 5. The Morgan fingerprint density at radius 1 is 1.12 bits per heavy atom. The summed E-state index contributed by atoms with van der Waals surface area (Å²) in [6.45, 7) is 1.17. The van der Waals surface area contributed by atoms with Crippen molar-refractivity contribution in [3.8, 4) is 11.1 Å². The first kappa shape index (κ1) is 20.1. The van der Waals surface area contributed by atoms with Crippen LogP contribution in [0.25, 0.3) is 33.3 Å². The van der Waals surface area contributed by atoms with Gasteiger partial charge in [0.2, 0.25) is 0 Å². The van der Waals surface area contributed by atoms with Crippen LogP contribution in [-0.4, -0.2) is 43.5 Å². The Kier molecular flexibility index (Phi) is 4.93. The predicted octanol–water partition coefficient (Wildman–Crippen LogP) is 5.59. The van der Waals surface area contributed by atoms with E-state index in [2.05, 4.69) is 16.1 Å². The maximum absolute atomic E-state index is 12.7. The second kappa shape index (κ2) is 8.10. The van der Waals surface area contributed by atoms with E-state index in [0.717, 1.165) is 43.8 Å². The SMILES string of the molecule is O=C(c1cccs1)N1CC=C(c2nc3c(-c4cnc5ccccc5c4)cnn3cc2Cl)CC1. The van der Waals surface area contributed by atoms with Gasteiger partial charge in [0.1, 0.15) is 0 Å². The van der Waals surface area contributed by atoms with Crippen LogP contribution in [0.4, 0.5) is 0 Å². The standard InChI is InChI=1S/C25H18ClN5OS/c26-20-15-31-24(19(14-28-31)18-12-17-4-1-2-5-21(17)27-13-18)29-23(20)16-7-9-30(10-8-16)25(32)22-6-3-11-33-22/h1-7,11-15H,8-10H2. The van der Waals surface area contributed by atoms with Gasteiger partial charge in [0.25, 0.3) is 5.91 Å². The molecule has 1 aromatic carbocycles. The average Bonchev–Trinajstić information content (AvgIpc) is 3.53. The van der Waals surface area contributed by atoms with Gasteiger partial charge in [-0.25, -0.2) is 9.50 Å². The maximum atomic E-state index is 12.7. The van der Waals surface area contributed by atoms with E-state index >= 15 is 0 Å². The van der Waals surface area contributed by atoms with Gasteiger partial charge in [-0.15, -0.1) is 11.3 Å². The van der Waals surface area contributed by atoms with Crippen molar-refractivity contribution in [2.24, 2.45) is 0 Å². The molecule has 0 aliphatic carbocycles. The van der Waals surface area contributed by atoms with Crippen LogP contribution < -0.4 is 0 Å². The number of fused-ring (bicyclic) bond motifs is 2. The fourth-order valence-electron chi connectivity index (χ4n) is 4.16. The molecular formula is C25H18ClN5OS. The van der Waals surface area contributed by atoms with Crippen molar-refractivity contribution in [3.05, 3.63) is 88.1 Å². The van der Waals surface area contributed by atoms with E-state index in [1.54, 1.807) is 16.9 Å². The molecule has 0 fully saturated rings. The first-order valence-electron chi connectivity index (χ1n) is 10.6. The number of amides is 1. The van der Waals surface area contributed by atoms with E-state index in [-0.39, 0.29) is 5.91 Å². The van der Waals surface area contributed by atoms with Crippen molar-refractivity contribution in [2.75, 3.05) is 13.1 Å². The molecule has 0 unspecified atom stereocenters. The van der Waals surface area contributed by atoms with Crippen LogP contribution >= 0.6 is 22.9 Å². The van der Waals surface area contributed by atoms with Gasteiger partial charge < -0.3 is 4.90 Å². The number of halogens is 1. The lowest BCUT2D eigenvalue weighted by Gasteiger charge is -2.26. The molecule has 0 spiro atoms. The molecule has 1 aliphatic rings. The molecule has 0 atom stereocenters. The van der Waals surface area contributed by atoms with Crippen LogP contribution in [0.15, 0.2) is 72.5 Å². The zero-order valence-corrected chi connectivity index (χ0v) is 19.1.